The predicted octanol–water partition coefficient (Wildman–Crippen LogP) is 1.16. The van der Waals surface area contributed by atoms with Crippen LogP contribution in [-0.4, -0.2) is 35.4 Å². The van der Waals surface area contributed by atoms with Gasteiger partial charge in [0.2, 0.25) is 0 Å². The number of ether oxygens (including phenoxy) is 1. The Bertz CT molecular complexity index is 368. The number of aliphatic hydroxyl groups is 1. The smallest absolute Gasteiger partial charge is 0.416 e. The van der Waals surface area contributed by atoms with Gasteiger partial charge < -0.3 is 9.84 Å². The number of carbonyl (C=O) groups is 1. The van der Waals surface area contributed by atoms with Gasteiger partial charge >= 0.3 is 6.09 Å². The number of aromatic nitrogens is 1. The normalized spacial score (nSPS) is 20.5. The number of cyclic esters (lactones) is 1. The minimum absolute atomic E-state index is 0.168. The Kier molecular flexibility index (Phi) is 2.88. The largest absolute Gasteiger partial charge is 0.441 e. The standard InChI is InChI=1S/C9H9BrN2O3/c10-6-1-2-8(11-3-6)12-4-7(5-13)15-9(12)14/h1-3,7,13H,4-5H2. The Morgan fingerprint density at radius 2 is 2.47 bits per heavy atom. The number of pyridine rings is 1. The molecule has 1 amide bonds. The van der Waals surface area contributed by atoms with Crippen LogP contribution in [0.5, 0.6) is 0 Å². The molecule has 0 spiro atoms. The maximum absolute atomic E-state index is 11.4. The molecule has 1 atom stereocenters. The summed E-state index contributed by atoms with van der Waals surface area (Å²) in [5.74, 6) is 0.527. The van der Waals surface area contributed by atoms with E-state index in [0.717, 1.165) is 4.47 Å². The van der Waals surface area contributed by atoms with Crippen molar-refractivity contribution in [3.8, 4) is 0 Å². The van der Waals surface area contributed by atoms with Crippen molar-refractivity contribution in [2.45, 2.75) is 6.10 Å². The lowest BCUT2D eigenvalue weighted by Crippen LogP contribution is -2.26. The second-order valence-electron chi connectivity index (χ2n) is 3.13. The summed E-state index contributed by atoms with van der Waals surface area (Å²) in [5.41, 5.74) is 0. The summed E-state index contributed by atoms with van der Waals surface area (Å²) in [6.45, 7) is 0.169. The van der Waals surface area contributed by atoms with E-state index in [0.29, 0.717) is 12.4 Å². The topological polar surface area (TPSA) is 62.7 Å². The van der Waals surface area contributed by atoms with Crippen LogP contribution in [0.1, 0.15) is 0 Å². The molecule has 0 radical (unpaired) electrons. The molecule has 1 saturated heterocycles. The zero-order chi connectivity index (χ0) is 10.8. The Labute approximate surface area is 94.8 Å². The Morgan fingerprint density at radius 1 is 1.67 bits per heavy atom. The first-order chi connectivity index (χ1) is 7.20. The van der Waals surface area contributed by atoms with E-state index in [2.05, 4.69) is 20.9 Å². The van der Waals surface area contributed by atoms with Gasteiger partial charge in [-0.3, -0.25) is 4.90 Å². The van der Waals surface area contributed by atoms with Crippen molar-refractivity contribution in [1.29, 1.82) is 0 Å². The van der Waals surface area contributed by atoms with Crippen molar-refractivity contribution in [3.63, 3.8) is 0 Å². The van der Waals surface area contributed by atoms with Gasteiger partial charge in [-0.25, -0.2) is 9.78 Å². The van der Waals surface area contributed by atoms with Crippen LogP contribution in [0.25, 0.3) is 0 Å². The minimum atomic E-state index is -0.469. The van der Waals surface area contributed by atoms with Crippen molar-refractivity contribution < 1.29 is 14.6 Å². The van der Waals surface area contributed by atoms with Gasteiger partial charge in [0.25, 0.3) is 0 Å². The van der Waals surface area contributed by atoms with E-state index in [4.69, 9.17) is 9.84 Å². The van der Waals surface area contributed by atoms with E-state index < -0.39 is 12.2 Å². The third kappa shape index (κ3) is 2.10. The molecule has 1 aliphatic rings. The van der Waals surface area contributed by atoms with Crippen LogP contribution in [0, 0.1) is 0 Å². The number of halogens is 1. The molecule has 5 nitrogen and oxygen atoms in total. The Balaban J connectivity index is 2.18. The monoisotopic (exact) mass is 272 g/mol. The molecular formula is C9H9BrN2O3. The predicted molar refractivity (Wildman–Crippen MR) is 56.6 cm³/mol. The molecule has 0 aliphatic carbocycles. The quantitative estimate of drug-likeness (QED) is 0.878. The van der Waals surface area contributed by atoms with Crippen molar-refractivity contribution in [2.24, 2.45) is 0 Å². The number of hydrogen-bond donors (Lipinski definition) is 1. The van der Waals surface area contributed by atoms with Crippen LogP contribution < -0.4 is 4.90 Å². The highest BCUT2D eigenvalue weighted by atomic mass is 79.9. The molecule has 2 heterocycles. The first-order valence-corrected chi connectivity index (χ1v) is 5.20. The van der Waals surface area contributed by atoms with Crippen LogP contribution in [0.3, 0.4) is 0 Å². The second kappa shape index (κ2) is 4.16. The highest BCUT2D eigenvalue weighted by Gasteiger charge is 2.32. The lowest BCUT2D eigenvalue weighted by Gasteiger charge is -2.10. The van der Waals surface area contributed by atoms with Crippen LogP contribution >= 0.6 is 15.9 Å². The van der Waals surface area contributed by atoms with Gasteiger partial charge in [0.1, 0.15) is 11.9 Å². The number of aliphatic hydroxyl groups excluding tert-OH is 1. The number of hydrogen-bond acceptors (Lipinski definition) is 4. The molecule has 0 bridgehead atoms. The van der Waals surface area contributed by atoms with Crippen LogP contribution in [-0.2, 0) is 4.74 Å². The number of carbonyl (C=O) groups excluding carboxylic acids is 1. The van der Waals surface area contributed by atoms with Crippen LogP contribution in [0.15, 0.2) is 22.8 Å². The Hall–Kier alpha value is -1.14. The molecule has 1 aliphatic heterocycles. The zero-order valence-corrected chi connectivity index (χ0v) is 9.35. The van der Waals surface area contributed by atoms with Gasteiger partial charge in [0.05, 0.1) is 13.2 Å². The van der Waals surface area contributed by atoms with Gasteiger partial charge in [-0.05, 0) is 28.1 Å². The fourth-order valence-corrected chi connectivity index (χ4v) is 1.57. The van der Waals surface area contributed by atoms with Crippen LogP contribution in [0.4, 0.5) is 10.6 Å². The Morgan fingerprint density at radius 3 is 3.00 bits per heavy atom. The zero-order valence-electron chi connectivity index (χ0n) is 7.76. The first kappa shape index (κ1) is 10.4. The second-order valence-corrected chi connectivity index (χ2v) is 4.05. The molecule has 1 unspecified atom stereocenters. The molecule has 0 aromatic carbocycles. The average Bonchev–Trinajstić information content (AvgIpc) is 2.61. The maximum atomic E-state index is 11.4. The third-order valence-electron chi connectivity index (χ3n) is 2.07. The van der Waals surface area contributed by atoms with E-state index in [9.17, 15) is 4.79 Å². The summed E-state index contributed by atoms with van der Waals surface area (Å²) < 4.78 is 5.74. The summed E-state index contributed by atoms with van der Waals surface area (Å²) in [6, 6.07) is 3.51. The van der Waals surface area contributed by atoms with E-state index in [1.54, 1.807) is 18.3 Å². The molecule has 2 rings (SSSR count). The summed E-state index contributed by atoms with van der Waals surface area (Å²) in [5, 5.41) is 8.86. The average molecular weight is 273 g/mol. The SMILES string of the molecule is O=C1OC(CO)CN1c1ccc(Br)cn1. The van der Waals surface area contributed by atoms with Crippen LogP contribution in [0.2, 0.25) is 0 Å². The van der Waals surface area contributed by atoms with E-state index in [1.165, 1.54) is 4.90 Å². The van der Waals surface area contributed by atoms with Gasteiger partial charge in [-0.15, -0.1) is 0 Å². The highest BCUT2D eigenvalue weighted by Crippen LogP contribution is 2.20. The highest BCUT2D eigenvalue weighted by molar-refractivity contribution is 9.10. The lowest BCUT2D eigenvalue weighted by atomic mass is 10.3. The molecule has 6 heteroatoms. The van der Waals surface area contributed by atoms with Gasteiger partial charge in [-0.2, -0.15) is 0 Å². The van der Waals surface area contributed by atoms with Crippen molar-refractivity contribution >= 4 is 27.8 Å². The molecule has 1 N–H and O–H groups in total. The molecule has 1 aromatic rings. The number of amides is 1. The maximum Gasteiger partial charge on any atom is 0.416 e. The lowest BCUT2D eigenvalue weighted by molar-refractivity contribution is 0.0963. The first-order valence-electron chi connectivity index (χ1n) is 4.41. The molecule has 1 aromatic heterocycles. The van der Waals surface area contributed by atoms with Crippen molar-refractivity contribution in [3.05, 3.63) is 22.8 Å². The molecule has 1 fully saturated rings. The summed E-state index contributed by atoms with van der Waals surface area (Å²) in [6.07, 6.45) is 0.682. The number of rotatable bonds is 2. The number of anilines is 1. The molecule has 0 saturated carbocycles. The van der Waals surface area contributed by atoms with Gasteiger partial charge in [-0.1, -0.05) is 0 Å². The molecular weight excluding hydrogens is 264 g/mol. The summed E-state index contributed by atoms with van der Waals surface area (Å²) in [4.78, 5) is 16.8. The fourth-order valence-electron chi connectivity index (χ4n) is 1.33. The summed E-state index contributed by atoms with van der Waals surface area (Å²) >= 11 is 3.26. The van der Waals surface area contributed by atoms with Crippen molar-refractivity contribution in [1.82, 2.24) is 4.98 Å². The van der Waals surface area contributed by atoms with Gasteiger partial charge in [0, 0.05) is 10.7 Å². The van der Waals surface area contributed by atoms with E-state index >= 15 is 0 Å². The fraction of sp³-hybridized carbons (Fsp3) is 0.333. The third-order valence-corrected chi connectivity index (χ3v) is 2.54. The minimum Gasteiger partial charge on any atom is -0.441 e. The van der Waals surface area contributed by atoms with Gasteiger partial charge in [0.15, 0.2) is 0 Å². The molecule has 80 valence electrons. The summed E-state index contributed by atoms with van der Waals surface area (Å²) in [7, 11) is 0. The molecule has 15 heavy (non-hydrogen) atoms. The van der Waals surface area contributed by atoms with E-state index in [1.807, 2.05) is 0 Å². The van der Waals surface area contributed by atoms with E-state index in [-0.39, 0.29) is 6.61 Å². The number of nitrogens with zero attached hydrogens (tertiary/aromatic N) is 2. The van der Waals surface area contributed by atoms with Crippen molar-refractivity contribution in [2.75, 3.05) is 18.1 Å².